The van der Waals surface area contributed by atoms with E-state index in [4.69, 9.17) is 10.8 Å². The van der Waals surface area contributed by atoms with Crippen LogP contribution in [0.5, 0.6) is 0 Å². The Morgan fingerprint density at radius 3 is 2.64 bits per heavy atom. The lowest BCUT2D eigenvalue weighted by Crippen LogP contribution is -2.22. The molecule has 0 radical (unpaired) electrons. The smallest absolute Gasteiger partial charge is 0.115 e. The van der Waals surface area contributed by atoms with E-state index in [-0.39, 0.29) is 6.54 Å². The van der Waals surface area contributed by atoms with Gasteiger partial charge in [-0.2, -0.15) is 0 Å². The van der Waals surface area contributed by atoms with Crippen LogP contribution in [-0.2, 0) is 6.42 Å². The van der Waals surface area contributed by atoms with Crippen molar-refractivity contribution in [2.75, 3.05) is 6.54 Å². The monoisotopic (exact) mass is 153 g/mol. The Balaban J connectivity index is 2.51. The molecule has 0 aliphatic carbocycles. The Bertz CT molecular complexity index is 202. The number of hydrogen-bond donors (Lipinski definition) is 2. The average Bonchev–Trinajstić information content (AvgIpc) is 2.06. The molecule has 1 heterocycles. The molecular weight excluding hydrogens is 142 g/mol. The Labute approximate surface area is 65.1 Å². The maximum atomic E-state index is 9.13. The highest BCUT2D eigenvalue weighted by Gasteiger charge is 2.01. The molecule has 1 aromatic heterocycles. The van der Waals surface area contributed by atoms with Crippen molar-refractivity contribution in [3.63, 3.8) is 0 Å². The second-order valence-electron chi connectivity index (χ2n) is 2.34. The number of nitrogens with zero attached hydrogens (tertiary/aromatic N) is 2. The van der Waals surface area contributed by atoms with Crippen LogP contribution in [0.3, 0.4) is 0 Å². The summed E-state index contributed by atoms with van der Waals surface area (Å²) in [5.41, 5.74) is 6.14. The van der Waals surface area contributed by atoms with Gasteiger partial charge in [-0.3, -0.25) is 0 Å². The van der Waals surface area contributed by atoms with E-state index in [1.165, 1.54) is 6.33 Å². The lowest BCUT2D eigenvalue weighted by atomic mass is 10.1. The SMILES string of the molecule is NCC(O)Cc1cncnc1. The van der Waals surface area contributed by atoms with Crippen LogP contribution in [0.4, 0.5) is 0 Å². The maximum Gasteiger partial charge on any atom is 0.115 e. The summed E-state index contributed by atoms with van der Waals surface area (Å²) in [5.74, 6) is 0. The van der Waals surface area contributed by atoms with Crippen LogP contribution < -0.4 is 5.73 Å². The zero-order chi connectivity index (χ0) is 8.10. The molecule has 0 spiro atoms. The van der Waals surface area contributed by atoms with Crippen molar-refractivity contribution in [3.8, 4) is 0 Å². The summed E-state index contributed by atoms with van der Waals surface area (Å²) < 4.78 is 0. The topological polar surface area (TPSA) is 72.0 Å². The van der Waals surface area contributed by atoms with Crippen molar-refractivity contribution in [2.24, 2.45) is 5.73 Å². The molecule has 4 heteroatoms. The van der Waals surface area contributed by atoms with Gasteiger partial charge < -0.3 is 10.8 Å². The fourth-order valence-electron chi connectivity index (χ4n) is 0.791. The molecule has 1 unspecified atom stereocenters. The van der Waals surface area contributed by atoms with Crippen molar-refractivity contribution in [2.45, 2.75) is 12.5 Å². The number of hydrogen-bond acceptors (Lipinski definition) is 4. The Morgan fingerprint density at radius 2 is 2.09 bits per heavy atom. The van der Waals surface area contributed by atoms with Gasteiger partial charge in [0, 0.05) is 25.4 Å². The van der Waals surface area contributed by atoms with Gasteiger partial charge in [-0.05, 0) is 5.56 Å². The van der Waals surface area contributed by atoms with Crippen LogP contribution in [0.15, 0.2) is 18.7 Å². The summed E-state index contributed by atoms with van der Waals surface area (Å²) in [4.78, 5) is 7.62. The summed E-state index contributed by atoms with van der Waals surface area (Å²) in [6.45, 7) is 0.273. The predicted molar refractivity (Wildman–Crippen MR) is 40.8 cm³/mol. The van der Waals surface area contributed by atoms with Crippen LogP contribution in [0, 0.1) is 0 Å². The Kier molecular flexibility index (Phi) is 2.95. The number of rotatable bonds is 3. The van der Waals surface area contributed by atoms with E-state index in [2.05, 4.69) is 9.97 Å². The molecule has 0 amide bonds. The van der Waals surface area contributed by atoms with Crippen molar-refractivity contribution in [1.82, 2.24) is 9.97 Å². The van der Waals surface area contributed by atoms with Crippen molar-refractivity contribution in [1.29, 1.82) is 0 Å². The zero-order valence-electron chi connectivity index (χ0n) is 6.14. The molecule has 0 saturated carbocycles. The maximum absolute atomic E-state index is 9.13. The molecule has 0 saturated heterocycles. The number of aromatic nitrogens is 2. The van der Waals surface area contributed by atoms with E-state index in [1.807, 2.05) is 0 Å². The Hall–Kier alpha value is -1.00. The summed E-state index contributed by atoms with van der Waals surface area (Å²) in [7, 11) is 0. The largest absolute Gasteiger partial charge is 0.391 e. The number of nitrogens with two attached hydrogens (primary N) is 1. The van der Waals surface area contributed by atoms with Crippen LogP contribution in [0.1, 0.15) is 5.56 Å². The van der Waals surface area contributed by atoms with Gasteiger partial charge in [0.25, 0.3) is 0 Å². The van der Waals surface area contributed by atoms with E-state index in [1.54, 1.807) is 12.4 Å². The standard InChI is InChI=1S/C7H11N3O/c8-2-7(11)1-6-3-9-5-10-4-6/h3-5,7,11H,1-2,8H2. The first kappa shape index (κ1) is 8.10. The molecule has 1 aromatic rings. The minimum Gasteiger partial charge on any atom is -0.391 e. The summed E-state index contributed by atoms with van der Waals surface area (Å²) in [5, 5.41) is 9.13. The fourth-order valence-corrected chi connectivity index (χ4v) is 0.791. The van der Waals surface area contributed by atoms with Crippen LogP contribution in [-0.4, -0.2) is 27.7 Å². The second-order valence-corrected chi connectivity index (χ2v) is 2.34. The zero-order valence-corrected chi connectivity index (χ0v) is 6.14. The third-order valence-corrected chi connectivity index (χ3v) is 1.36. The highest BCUT2D eigenvalue weighted by molar-refractivity contribution is 5.03. The van der Waals surface area contributed by atoms with Gasteiger partial charge in [0.1, 0.15) is 6.33 Å². The summed E-state index contributed by atoms with van der Waals surface area (Å²) >= 11 is 0. The molecule has 0 fully saturated rings. The van der Waals surface area contributed by atoms with Gasteiger partial charge in [-0.25, -0.2) is 9.97 Å². The van der Waals surface area contributed by atoms with E-state index in [0.29, 0.717) is 6.42 Å². The van der Waals surface area contributed by atoms with Crippen LogP contribution >= 0.6 is 0 Å². The fraction of sp³-hybridized carbons (Fsp3) is 0.429. The molecule has 4 nitrogen and oxygen atoms in total. The molecule has 0 aliphatic heterocycles. The van der Waals surface area contributed by atoms with Crippen molar-refractivity contribution in [3.05, 3.63) is 24.3 Å². The molecule has 0 bridgehead atoms. The van der Waals surface area contributed by atoms with Gasteiger partial charge in [0.2, 0.25) is 0 Å². The normalized spacial score (nSPS) is 12.9. The minimum atomic E-state index is -0.485. The quantitative estimate of drug-likeness (QED) is 0.604. The minimum absolute atomic E-state index is 0.273. The van der Waals surface area contributed by atoms with Gasteiger partial charge in [0.15, 0.2) is 0 Å². The Morgan fingerprint density at radius 1 is 1.45 bits per heavy atom. The predicted octanol–water partition coefficient (Wildman–Crippen LogP) is -0.661. The number of aliphatic hydroxyl groups is 1. The first-order valence-corrected chi connectivity index (χ1v) is 3.45. The van der Waals surface area contributed by atoms with Gasteiger partial charge in [0.05, 0.1) is 6.10 Å². The molecule has 0 aliphatic rings. The van der Waals surface area contributed by atoms with E-state index < -0.39 is 6.10 Å². The first-order chi connectivity index (χ1) is 5.33. The van der Waals surface area contributed by atoms with Gasteiger partial charge in [-0.1, -0.05) is 0 Å². The van der Waals surface area contributed by atoms with Gasteiger partial charge >= 0.3 is 0 Å². The average molecular weight is 153 g/mol. The van der Waals surface area contributed by atoms with Gasteiger partial charge in [-0.15, -0.1) is 0 Å². The molecule has 1 atom stereocenters. The molecule has 3 N–H and O–H groups in total. The summed E-state index contributed by atoms with van der Waals surface area (Å²) in [6, 6.07) is 0. The van der Waals surface area contributed by atoms with Crippen LogP contribution in [0.25, 0.3) is 0 Å². The number of aliphatic hydroxyl groups excluding tert-OH is 1. The third-order valence-electron chi connectivity index (χ3n) is 1.36. The second kappa shape index (κ2) is 4.00. The van der Waals surface area contributed by atoms with Crippen molar-refractivity contribution >= 4 is 0 Å². The highest BCUT2D eigenvalue weighted by Crippen LogP contribution is 1.97. The van der Waals surface area contributed by atoms with Crippen molar-refractivity contribution < 1.29 is 5.11 Å². The third kappa shape index (κ3) is 2.61. The molecule has 1 rings (SSSR count). The van der Waals surface area contributed by atoms with E-state index in [0.717, 1.165) is 5.56 Å². The molecule has 0 aromatic carbocycles. The van der Waals surface area contributed by atoms with E-state index >= 15 is 0 Å². The highest BCUT2D eigenvalue weighted by atomic mass is 16.3. The van der Waals surface area contributed by atoms with E-state index in [9.17, 15) is 0 Å². The molecular formula is C7H11N3O. The lowest BCUT2D eigenvalue weighted by molar-refractivity contribution is 0.183. The molecule has 60 valence electrons. The lowest BCUT2D eigenvalue weighted by Gasteiger charge is -2.05. The molecule has 11 heavy (non-hydrogen) atoms. The summed E-state index contributed by atoms with van der Waals surface area (Å²) in [6.07, 6.45) is 4.84. The first-order valence-electron chi connectivity index (χ1n) is 3.45. The van der Waals surface area contributed by atoms with Crippen LogP contribution in [0.2, 0.25) is 0 Å².